The third kappa shape index (κ3) is 10.4. The van der Waals surface area contributed by atoms with Gasteiger partial charge in [0.05, 0.1) is 0 Å². The van der Waals surface area contributed by atoms with Crippen molar-refractivity contribution in [1.29, 1.82) is 0 Å². The van der Waals surface area contributed by atoms with Crippen LogP contribution >= 0.6 is 0 Å². The molecule has 0 unspecified atom stereocenters. The van der Waals surface area contributed by atoms with E-state index in [0.29, 0.717) is 0 Å². The molecule has 0 radical (unpaired) electrons. The Morgan fingerprint density at radius 1 is 0.649 bits per heavy atom. The van der Waals surface area contributed by atoms with Crippen molar-refractivity contribution < 1.29 is 56.6 Å². The first kappa shape index (κ1) is 33.2. The van der Waals surface area contributed by atoms with Crippen LogP contribution in [0.1, 0.15) is 37.8 Å². The number of hydrogen-bond acceptors (Lipinski definition) is 0. The van der Waals surface area contributed by atoms with Crippen molar-refractivity contribution in [2.24, 2.45) is 0 Å². The van der Waals surface area contributed by atoms with Gasteiger partial charge in [0.15, 0.2) is 0 Å². The van der Waals surface area contributed by atoms with E-state index < -0.39 is 0 Å². The Morgan fingerprint density at radius 2 is 1.03 bits per heavy atom. The van der Waals surface area contributed by atoms with E-state index >= 15 is 0 Å². The van der Waals surface area contributed by atoms with Crippen molar-refractivity contribution in [2.75, 3.05) is 0 Å². The second kappa shape index (κ2) is 16.9. The van der Waals surface area contributed by atoms with Crippen LogP contribution in [0.2, 0.25) is 6.55 Å². The molecule has 0 heterocycles. The van der Waals surface area contributed by atoms with Gasteiger partial charge in [-0.1, -0.05) is 38.1 Å². The van der Waals surface area contributed by atoms with E-state index in [1.807, 2.05) is 13.8 Å². The molecule has 0 saturated carbocycles. The van der Waals surface area contributed by atoms with Crippen LogP contribution in [0.15, 0.2) is 102 Å². The summed E-state index contributed by atoms with van der Waals surface area (Å²) in [4.78, 5) is 0. The molecule has 3 aromatic carbocycles. The van der Waals surface area contributed by atoms with Gasteiger partial charge in [0.2, 0.25) is 0 Å². The number of rotatable bonds is 3. The van der Waals surface area contributed by atoms with Crippen LogP contribution in [0.25, 0.3) is 11.1 Å². The van der Waals surface area contributed by atoms with Gasteiger partial charge < -0.3 is 24.8 Å². The van der Waals surface area contributed by atoms with Crippen molar-refractivity contribution >= 4 is 21.8 Å². The standard InChI is InChI=1S/2C12H10F.C7H8Si.2ClH.Hf/c2*1-9-3-2-4-12(9)10-5-7-11(13)8-6-10;1-8-7-5-3-2-4-6-7;;;/h2*4-8H,2H2,1H3;2-6H,1H3;2*1H;/q2*-1;;;;+2/p-2. The Hall–Kier alpha value is -1.85. The second-order valence-electron chi connectivity index (χ2n) is 8.25. The molecule has 0 nitrogen and oxygen atoms in total. The first-order valence-electron chi connectivity index (χ1n) is 11.5. The third-order valence-corrected chi connectivity index (χ3v) is 9.98. The summed E-state index contributed by atoms with van der Waals surface area (Å²) < 4.78 is 25.3. The number of halogens is 4. The van der Waals surface area contributed by atoms with Gasteiger partial charge in [-0.25, -0.2) is 19.9 Å². The largest absolute Gasteiger partial charge is 1.00 e. The molecule has 0 N–H and O–H groups in total. The van der Waals surface area contributed by atoms with E-state index in [0.717, 1.165) is 35.1 Å². The molecule has 0 aromatic heterocycles. The van der Waals surface area contributed by atoms with Crippen LogP contribution in [0.4, 0.5) is 8.78 Å². The molecular weight excluding hydrogens is 688 g/mol. The minimum absolute atomic E-state index is 0. The van der Waals surface area contributed by atoms with Crippen molar-refractivity contribution in [3.05, 3.63) is 137 Å². The molecular formula is C31H28Cl2F2HfSi-2. The van der Waals surface area contributed by atoms with E-state index in [1.54, 1.807) is 29.5 Å². The van der Waals surface area contributed by atoms with Crippen molar-refractivity contribution in [3.63, 3.8) is 0 Å². The molecule has 2 aliphatic rings. The fraction of sp³-hybridized carbons (Fsp3) is 0.161. The molecule has 6 heteroatoms. The van der Waals surface area contributed by atoms with Crippen LogP contribution in [0, 0.1) is 23.8 Å². The summed E-state index contributed by atoms with van der Waals surface area (Å²) in [6, 6.07) is 24.0. The van der Waals surface area contributed by atoms with Gasteiger partial charge in [-0.05, 0) is 24.3 Å². The molecule has 0 atom stereocenters. The molecule has 0 saturated heterocycles. The van der Waals surface area contributed by atoms with Gasteiger partial charge in [-0.3, -0.25) is 12.2 Å². The maximum absolute atomic E-state index is 12.6. The summed E-state index contributed by atoms with van der Waals surface area (Å²) >= 11 is 1.36. The van der Waals surface area contributed by atoms with Crippen LogP contribution in [0.3, 0.4) is 0 Å². The van der Waals surface area contributed by atoms with E-state index in [4.69, 9.17) is 0 Å². The van der Waals surface area contributed by atoms with Crippen LogP contribution in [-0.4, -0.2) is 5.49 Å². The van der Waals surface area contributed by atoms with E-state index in [9.17, 15) is 8.78 Å². The van der Waals surface area contributed by atoms with Crippen LogP contribution < -0.4 is 30.0 Å². The second-order valence-corrected chi connectivity index (χ2v) is 18.2. The zero-order valence-corrected chi connectivity index (χ0v) is 27.2. The monoisotopic (exact) mass is 716 g/mol. The maximum atomic E-state index is 12.6. The van der Waals surface area contributed by atoms with Gasteiger partial charge in [0, 0.05) is 0 Å². The van der Waals surface area contributed by atoms with Gasteiger partial charge in [-0.15, -0.1) is 24.0 Å². The molecule has 0 aliphatic heterocycles. The molecule has 0 spiro atoms. The summed E-state index contributed by atoms with van der Waals surface area (Å²) in [5, 5.41) is 1.58. The van der Waals surface area contributed by atoms with Crippen molar-refractivity contribution in [1.82, 2.24) is 0 Å². The average Bonchev–Trinajstić information content (AvgIpc) is 3.49. The van der Waals surface area contributed by atoms with Gasteiger partial charge in [0.1, 0.15) is 11.6 Å². The minimum atomic E-state index is -0.187. The van der Waals surface area contributed by atoms with E-state index in [1.165, 1.54) is 58.4 Å². The number of hydrogen-bond donors (Lipinski definition) is 0. The van der Waals surface area contributed by atoms with Crippen molar-refractivity contribution in [3.8, 4) is 0 Å². The molecule has 5 rings (SSSR count). The Bertz CT molecular complexity index is 1200. The molecule has 190 valence electrons. The zero-order valence-electron chi connectivity index (χ0n) is 21.1. The third-order valence-electron chi connectivity index (χ3n) is 5.67. The number of benzene rings is 3. The normalized spacial score (nSPS) is 13.2. The zero-order chi connectivity index (χ0) is 25.2. The molecule has 3 aromatic rings. The Kier molecular flexibility index (Phi) is 15.1. The summed E-state index contributed by atoms with van der Waals surface area (Å²) in [6.45, 7) is 6.43. The topological polar surface area (TPSA) is 0 Å². The van der Waals surface area contributed by atoms with Crippen LogP contribution in [-0.2, 0) is 23.0 Å². The Morgan fingerprint density at radius 3 is 1.30 bits per heavy atom. The molecule has 0 fully saturated rings. The average molecular weight is 716 g/mol. The molecule has 37 heavy (non-hydrogen) atoms. The van der Waals surface area contributed by atoms with Gasteiger partial charge in [0.25, 0.3) is 0 Å². The summed E-state index contributed by atoms with van der Waals surface area (Å²) in [7, 11) is 0. The molecule has 0 bridgehead atoms. The first-order chi connectivity index (χ1) is 16.8. The molecule has 2 aliphatic carbocycles. The van der Waals surface area contributed by atoms with Crippen LogP contribution in [0.5, 0.6) is 0 Å². The minimum Gasteiger partial charge on any atom is -1.00 e. The predicted molar refractivity (Wildman–Crippen MR) is 141 cm³/mol. The number of allylic oxidation sites excluding steroid dienone is 8. The summed E-state index contributed by atoms with van der Waals surface area (Å²) in [5.41, 5.74) is 6.75. The maximum Gasteiger partial charge on any atom is -1.00 e. The summed E-state index contributed by atoms with van der Waals surface area (Å²) in [5.74, 6) is -0.374. The smallest absolute Gasteiger partial charge is 1.00 e. The fourth-order valence-corrected chi connectivity index (χ4v) is 6.21. The summed E-state index contributed by atoms with van der Waals surface area (Å²) in [6.07, 6.45) is 12.4. The van der Waals surface area contributed by atoms with E-state index in [-0.39, 0.29) is 41.9 Å². The fourth-order valence-electron chi connectivity index (χ4n) is 3.72. The molecule has 0 amide bonds. The quantitative estimate of drug-likeness (QED) is 0.287. The Balaban J connectivity index is 0.000000275. The first-order valence-corrected chi connectivity index (χ1v) is 18.9. The predicted octanol–water partition coefficient (Wildman–Crippen LogP) is 1.79. The SMILES string of the molecule is CC1=[C-]CC=C1c1ccc(F)cc1.CC1=[C-]CC=C1c1ccc(F)cc1.C[Si](=[Hf+2])c1ccccc1.[Cl-].[Cl-]. The van der Waals surface area contributed by atoms with E-state index in [2.05, 4.69) is 61.2 Å². The van der Waals surface area contributed by atoms with Gasteiger partial charge >= 0.3 is 70.6 Å². The van der Waals surface area contributed by atoms with Crippen molar-refractivity contribution in [2.45, 2.75) is 33.2 Å². The van der Waals surface area contributed by atoms with Gasteiger partial charge in [-0.2, -0.15) is 23.3 Å². The Labute approximate surface area is 247 Å².